The van der Waals surface area contributed by atoms with Gasteiger partial charge in [-0.25, -0.2) is 9.78 Å². The van der Waals surface area contributed by atoms with E-state index in [1.807, 2.05) is 25.3 Å². The van der Waals surface area contributed by atoms with E-state index in [-0.39, 0.29) is 46.6 Å². The average molecular weight is 707 g/mol. The Labute approximate surface area is 293 Å². The summed E-state index contributed by atoms with van der Waals surface area (Å²) in [7, 11) is 0. The number of unbranched alkanes of at least 4 members (excludes halogenated alkanes) is 4. The number of amides is 2. The number of esters is 1. The van der Waals surface area contributed by atoms with Crippen LogP contribution in [-0.4, -0.2) is 62.1 Å². The summed E-state index contributed by atoms with van der Waals surface area (Å²) in [5.41, 5.74) is -0.792. The number of allylic oxidation sites excluding steroid dienone is 1. The van der Waals surface area contributed by atoms with E-state index in [9.17, 15) is 19.2 Å². The number of nitrogens with one attached hydrogen (secondary N) is 2. The van der Waals surface area contributed by atoms with E-state index in [4.69, 9.17) is 9.73 Å². The van der Waals surface area contributed by atoms with Crippen molar-refractivity contribution in [1.82, 2.24) is 15.6 Å². The highest BCUT2D eigenvalue weighted by molar-refractivity contribution is 8.14. The van der Waals surface area contributed by atoms with Gasteiger partial charge in [0.25, 0.3) is 0 Å². The normalized spacial score (nSPS) is 23.1. The molecule has 3 rings (SSSR count). The SMILES string of the molecule is CCCCCCCC(=O)SCC(C)(C)CC(C)(C)/C=C/[C@@H]1CC(=O)NCc2nc(cs2)C2=N[C@@](C)(CS2)C(=O)NC(C(C)C)C(=O)O1. The van der Waals surface area contributed by atoms with Crippen molar-refractivity contribution in [2.45, 2.75) is 131 Å². The molecule has 2 amide bonds. The van der Waals surface area contributed by atoms with Gasteiger partial charge in [0.2, 0.25) is 11.8 Å². The number of hydrogen-bond acceptors (Lipinski definition) is 10. The van der Waals surface area contributed by atoms with Gasteiger partial charge in [0.15, 0.2) is 5.12 Å². The van der Waals surface area contributed by atoms with Crippen LogP contribution in [0.5, 0.6) is 0 Å². The van der Waals surface area contributed by atoms with Crippen molar-refractivity contribution in [2.75, 3.05) is 11.5 Å². The van der Waals surface area contributed by atoms with Gasteiger partial charge >= 0.3 is 5.97 Å². The highest BCUT2D eigenvalue weighted by Gasteiger charge is 2.42. The van der Waals surface area contributed by atoms with Crippen LogP contribution in [-0.2, 0) is 30.5 Å². The maximum atomic E-state index is 13.6. The zero-order valence-corrected chi connectivity index (χ0v) is 31.9. The Morgan fingerprint density at radius 3 is 2.60 bits per heavy atom. The van der Waals surface area contributed by atoms with E-state index in [2.05, 4.69) is 50.2 Å². The molecule has 1 aromatic heterocycles. The van der Waals surface area contributed by atoms with Crippen LogP contribution in [0, 0.1) is 16.7 Å². The number of fused-ring (bicyclic) bond motifs is 4. The van der Waals surface area contributed by atoms with Crippen LogP contribution in [0.15, 0.2) is 22.5 Å². The highest BCUT2D eigenvalue weighted by Crippen LogP contribution is 2.38. The zero-order chi connectivity index (χ0) is 34.8. The Morgan fingerprint density at radius 1 is 1.17 bits per heavy atom. The zero-order valence-electron chi connectivity index (χ0n) is 29.4. The molecule has 47 heavy (non-hydrogen) atoms. The van der Waals surface area contributed by atoms with E-state index in [0.29, 0.717) is 22.9 Å². The number of hydrogen-bond donors (Lipinski definition) is 2. The number of rotatable bonds is 13. The number of carbonyl (C=O) groups is 4. The number of aromatic nitrogens is 1. The Bertz CT molecular complexity index is 1320. The van der Waals surface area contributed by atoms with Gasteiger partial charge in [-0.15, -0.1) is 23.1 Å². The molecule has 2 N–H and O–H groups in total. The number of cyclic esters (lactones) is 1. The van der Waals surface area contributed by atoms with E-state index in [1.54, 1.807) is 13.0 Å². The third kappa shape index (κ3) is 12.7. The Morgan fingerprint density at radius 2 is 1.89 bits per heavy atom. The van der Waals surface area contributed by atoms with Crippen molar-refractivity contribution in [3.63, 3.8) is 0 Å². The van der Waals surface area contributed by atoms with Gasteiger partial charge in [-0.1, -0.05) is 92.0 Å². The molecule has 0 saturated heterocycles. The molecule has 262 valence electrons. The van der Waals surface area contributed by atoms with Crippen LogP contribution in [0.2, 0.25) is 0 Å². The summed E-state index contributed by atoms with van der Waals surface area (Å²) in [6.45, 7) is 16.4. The molecule has 2 aliphatic rings. The second kappa shape index (κ2) is 17.5. The van der Waals surface area contributed by atoms with Crippen LogP contribution < -0.4 is 10.6 Å². The van der Waals surface area contributed by atoms with E-state index in [1.165, 1.54) is 54.1 Å². The molecule has 0 saturated carbocycles. The standard InChI is InChI=1S/C35H54N4O5S3/c1-9-10-11-12-13-14-28(41)46-21-34(6,7)20-33(4,5)16-15-24-17-26(40)36-18-27-37-25(19-45-27)30-39-35(8,22-47-30)32(43)38-29(23(2)3)31(42)44-24/h15-16,19,23-24,29H,9-14,17-18,20-22H2,1-8H3,(H,36,40)(H,38,43)/b16-15+/t24-,29?,35+/m1/s1. The number of ether oxygens (including phenoxy) is 1. The first-order valence-corrected chi connectivity index (χ1v) is 19.7. The summed E-state index contributed by atoms with van der Waals surface area (Å²) in [5, 5.41) is 9.34. The smallest absolute Gasteiger partial charge is 0.329 e. The third-order valence-electron chi connectivity index (χ3n) is 8.20. The minimum atomic E-state index is -1.05. The lowest BCUT2D eigenvalue weighted by atomic mass is 9.76. The molecule has 1 unspecified atom stereocenters. The molecule has 3 atom stereocenters. The first-order valence-electron chi connectivity index (χ1n) is 16.8. The molecule has 3 heterocycles. The Hall–Kier alpha value is -2.18. The molecule has 0 aliphatic carbocycles. The average Bonchev–Trinajstić information content (AvgIpc) is 3.63. The number of carbonyl (C=O) groups excluding carboxylic acids is 4. The van der Waals surface area contributed by atoms with Crippen molar-refractivity contribution in [2.24, 2.45) is 21.7 Å². The van der Waals surface area contributed by atoms with Gasteiger partial charge in [-0.05, 0) is 42.6 Å². The number of nitrogens with zero attached hydrogens (tertiary/aromatic N) is 2. The molecule has 2 aliphatic heterocycles. The van der Waals surface area contributed by atoms with E-state index >= 15 is 0 Å². The second-order valence-electron chi connectivity index (χ2n) is 14.8. The highest BCUT2D eigenvalue weighted by atomic mass is 32.2. The molecule has 12 heteroatoms. The van der Waals surface area contributed by atoms with Crippen LogP contribution >= 0.6 is 34.9 Å². The fourth-order valence-electron chi connectivity index (χ4n) is 5.76. The number of aliphatic imine (C=N–C) groups is 1. The van der Waals surface area contributed by atoms with Crippen molar-refractivity contribution >= 4 is 62.8 Å². The molecule has 0 fully saturated rings. The predicted molar refractivity (Wildman–Crippen MR) is 195 cm³/mol. The van der Waals surface area contributed by atoms with Crippen molar-refractivity contribution in [3.8, 4) is 0 Å². The summed E-state index contributed by atoms with van der Waals surface area (Å²) < 4.78 is 5.95. The molecule has 9 nitrogen and oxygen atoms in total. The van der Waals surface area contributed by atoms with E-state index in [0.717, 1.165) is 30.0 Å². The first kappa shape index (κ1) is 39.3. The number of thiazole rings is 1. The predicted octanol–water partition coefficient (Wildman–Crippen LogP) is 7.09. The second-order valence-corrected chi connectivity index (χ2v) is 17.7. The first-order chi connectivity index (χ1) is 22.0. The quantitative estimate of drug-likeness (QED) is 0.127. The molecular weight excluding hydrogens is 653 g/mol. The third-order valence-corrected chi connectivity index (χ3v) is 11.8. The number of thioether (sulfide) groups is 2. The van der Waals surface area contributed by atoms with Crippen LogP contribution in [0.1, 0.15) is 117 Å². The fraction of sp³-hybridized carbons (Fsp3) is 0.714. The maximum absolute atomic E-state index is 13.6. The van der Waals surface area contributed by atoms with Gasteiger partial charge < -0.3 is 15.4 Å². The fourth-order valence-corrected chi connectivity index (χ4v) is 8.63. The van der Waals surface area contributed by atoms with Crippen LogP contribution in [0.25, 0.3) is 0 Å². The van der Waals surface area contributed by atoms with Crippen molar-refractivity contribution < 1.29 is 23.9 Å². The monoisotopic (exact) mass is 706 g/mol. The molecule has 0 radical (unpaired) electrons. The van der Waals surface area contributed by atoms with Gasteiger partial charge in [0.1, 0.15) is 33.4 Å². The Kier molecular flexibility index (Phi) is 14.6. The molecule has 4 bridgehead atoms. The summed E-state index contributed by atoms with van der Waals surface area (Å²) in [6.07, 6.45) is 9.95. The summed E-state index contributed by atoms with van der Waals surface area (Å²) in [6, 6.07) is -0.908. The minimum Gasteiger partial charge on any atom is -0.456 e. The van der Waals surface area contributed by atoms with Gasteiger partial charge in [-0.3, -0.25) is 19.4 Å². The van der Waals surface area contributed by atoms with Crippen molar-refractivity contribution in [3.05, 3.63) is 28.2 Å². The lowest BCUT2D eigenvalue weighted by Crippen LogP contribution is -2.53. The lowest BCUT2D eigenvalue weighted by molar-refractivity contribution is -0.153. The van der Waals surface area contributed by atoms with Gasteiger partial charge in [0, 0.05) is 23.3 Å². The summed E-state index contributed by atoms with van der Waals surface area (Å²) in [4.78, 5) is 62.0. The summed E-state index contributed by atoms with van der Waals surface area (Å²) in [5.74, 6) is -0.314. The largest absolute Gasteiger partial charge is 0.456 e. The maximum Gasteiger partial charge on any atom is 0.329 e. The van der Waals surface area contributed by atoms with Crippen LogP contribution in [0.3, 0.4) is 0 Å². The van der Waals surface area contributed by atoms with E-state index < -0.39 is 23.7 Å². The molecule has 0 spiro atoms. The van der Waals surface area contributed by atoms with Crippen LogP contribution in [0.4, 0.5) is 0 Å². The molecule has 0 aromatic carbocycles. The lowest BCUT2D eigenvalue weighted by Gasteiger charge is -2.33. The Balaban J connectivity index is 1.73. The topological polar surface area (TPSA) is 127 Å². The molecule has 1 aromatic rings. The minimum absolute atomic E-state index is 0.0679. The summed E-state index contributed by atoms with van der Waals surface area (Å²) >= 11 is 4.30. The molecular formula is C35H54N4O5S3. The van der Waals surface area contributed by atoms with Gasteiger partial charge in [-0.2, -0.15) is 0 Å². The van der Waals surface area contributed by atoms with Crippen molar-refractivity contribution in [1.29, 1.82) is 0 Å². The van der Waals surface area contributed by atoms with Gasteiger partial charge in [0.05, 0.1) is 13.0 Å².